The molecule has 26 heavy (non-hydrogen) atoms. The molecule has 0 fully saturated rings. The van der Waals surface area contributed by atoms with Crippen molar-refractivity contribution < 1.29 is 14.0 Å². The Bertz CT molecular complexity index is 744. The Labute approximate surface area is 154 Å². The molecule has 0 atom stereocenters. The molecule has 0 heterocycles. The molecule has 5 heteroatoms. The minimum absolute atomic E-state index is 0.109. The summed E-state index contributed by atoms with van der Waals surface area (Å²) in [6, 6.07) is 14.5. The van der Waals surface area contributed by atoms with E-state index in [9.17, 15) is 14.0 Å². The van der Waals surface area contributed by atoms with Gasteiger partial charge >= 0.3 is 0 Å². The van der Waals surface area contributed by atoms with E-state index in [1.54, 1.807) is 23.1 Å². The molecule has 4 nitrogen and oxygen atoms in total. The molecule has 1 N–H and O–H groups in total. The van der Waals surface area contributed by atoms with Crippen LogP contribution in [0.4, 0.5) is 4.39 Å². The molecule has 0 saturated heterocycles. The van der Waals surface area contributed by atoms with Crippen LogP contribution >= 0.6 is 0 Å². The summed E-state index contributed by atoms with van der Waals surface area (Å²) in [6.07, 6.45) is 0.653. The number of aryl methyl sites for hydroxylation is 1. The summed E-state index contributed by atoms with van der Waals surface area (Å²) in [6.45, 7) is 4.66. The summed E-state index contributed by atoms with van der Waals surface area (Å²) in [5.41, 5.74) is 2.78. The van der Waals surface area contributed by atoms with Crippen molar-refractivity contribution >= 4 is 11.8 Å². The summed E-state index contributed by atoms with van der Waals surface area (Å²) in [5, 5.41) is 2.86. The fourth-order valence-corrected chi connectivity index (χ4v) is 2.61. The van der Waals surface area contributed by atoms with Gasteiger partial charge in [0, 0.05) is 33.0 Å². The van der Waals surface area contributed by atoms with E-state index in [1.165, 1.54) is 18.6 Å². The summed E-state index contributed by atoms with van der Waals surface area (Å²) >= 11 is 0. The molecule has 0 unspecified atom stereocenters. The van der Waals surface area contributed by atoms with Gasteiger partial charge in [0.15, 0.2) is 0 Å². The number of nitrogens with zero attached hydrogens (tertiary/aromatic N) is 1. The average molecular weight is 356 g/mol. The van der Waals surface area contributed by atoms with Gasteiger partial charge in [-0.1, -0.05) is 48.0 Å². The standard InChI is InChI=1S/C21H25FN2O2/c1-16-7-9-18(10-8-16)15-23-21(26)12-14-24(17(2)25)13-11-19-5-3-4-6-20(19)22/h3-10H,11-15H2,1-2H3,(H,23,26). The van der Waals surface area contributed by atoms with E-state index in [4.69, 9.17) is 0 Å². The fraction of sp³-hybridized carbons (Fsp3) is 0.333. The lowest BCUT2D eigenvalue weighted by Gasteiger charge is -2.21. The van der Waals surface area contributed by atoms with E-state index >= 15 is 0 Å². The maximum atomic E-state index is 13.7. The molecule has 0 aromatic heterocycles. The quantitative estimate of drug-likeness (QED) is 0.789. The van der Waals surface area contributed by atoms with Crippen molar-refractivity contribution in [1.82, 2.24) is 10.2 Å². The van der Waals surface area contributed by atoms with Gasteiger partial charge in [-0.25, -0.2) is 4.39 Å². The second kappa shape index (κ2) is 9.70. The van der Waals surface area contributed by atoms with Gasteiger partial charge in [0.2, 0.25) is 11.8 Å². The lowest BCUT2D eigenvalue weighted by atomic mass is 10.1. The lowest BCUT2D eigenvalue weighted by molar-refractivity contribution is -0.129. The number of carbonyl (C=O) groups is 2. The molecule has 0 saturated carbocycles. The van der Waals surface area contributed by atoms with Crippen molar-refractivity contribution in [1.29, 1.82) is 0 Å². The maximum Gasteiger partial charge on any atom is 0.222 e. The number of benzene rings is 2. The summed E-state index contributed by atoms with van der Waals surface area (Å²) < 4.78 is 13.7. The Hall–Kier alpha value is -2.69. The van der Waals surface area contributed by atoms with E-state index in [0.29, 0.717) is 31.6 Å². The predicted octanol–water partition coefficient (Wildman–Crippen LogP) is 3.23. The van der Waals surface area contributed by atoms with Crippen molar-refractivity contribution in [3.05, 3.63) is 71.0 Å². The minimum atomic E-state index is -0.271. The van der Waals surface area contributed by atoms with Crippen LogP contribution < -0.4 is 5.32 Å². The first kappa shape index (κ1) is 19.6. The first-order valence-electron chi connectivity index (χ1n) is 8.77. The van der Waals surface area contributed by atoms with Gasteiger partial charge in [0.05, 0.1) is 0 Å². The van der Waals surface area contributed by atoms with Crippen LogP contribution in [0.1, 0.15) is 30.0 Å². The third-order valence-electron chi connectivity index (χ3n) is 4.27. The highest BCUT2D eigenvalue weighted by molar-refractivity contribution is 5.78. The minimum Gasteiger partial charge on any atom is -0.352 e. The number of nitrogens with one attached hydrogen (secondary N) is 1. The largest absolute Gasteiger partial charge is 0.352 e. The van der Waals surface area contributed by atoms with Crippen molar-refractivity contribution in [2.75, 3.05) is 13.1 Å². The van der Waals surface area contributed by atoms with Gasteiger partial charge in [-0.3, -0.25) is 9.59 Å². The van der Waals surface area contributed by atoms with Crippen LogP contribution in [-0.2, 0) is 22.6 Å². The molecule has 2 rings (SSSR count). The SMILES string of the molecule is CC(=O)N(CCC(=O)NCc1ccc(C)cc1)CCc1ccccc1F. The topological polar surface area (TPSA) is 49.4 Å². The molecule has 0 aliphatic carbocycles. The summed E-state index contributed by atoms with van der Waals surface area (Å²) in [4.78, 5) is 25.4. The molecule has 0 spiro atoms. The first-order valence-corrected chi connectivity index (χ1v) is 8.77. The van der Waals surface area contributed by atoms with E-state index in [2.05, 4.69) is 5.32 Å². The van der Waals surface area contributed by atoms with Crippen LogP contribution in [0.2, 0.25) is 0 Å². The number of carbonyl (C=O) groups excluding carboxylic acids is 2. The molecule has 0 aliphatic heterocycles. The van der Waals surface area contributed by atoms with Gasteiger partial charge in [-0.15, -0.1) is 0 Å². The van der Waals surface area contributed by atoms with Crippen molar-refractivity contribution in [3.63, 3.8) is 0 Å². The van der Waals surface area contributed by atoms with Crippen molar-refractivity contribution in [2.24, 2.45) is 0 Å². The molecule has 0 bridgehead atoms. The molecule has 2 aromatic rings. The Morgan fingerprint density at radius 2 is 1.73 bits per heavy atom. The highest BCUT2D eigenvalue weighted by Gasteiger charge is 2.12. The van der Waals surface area contributed by atoms with E-state index in [1.807, 2.05) is 31.2 Å². The lowest BCUT2D eigenvalue weighted by Crippen LogP contribution is -2.35. The summed E-state index contributed by atoms with van der Waals surface area (Å²) in [5.74, 6) is -0.498. The Morgan fingerprint density at radius 1 is 1.04 bits per heavy atom. The molecular formula is C21H25FN2O2. The second-order valence-electron chi connectivity index (χ2n) is 6.36. The second-order valence-corrected chi connectivity index (χ2v) is 6.36. The van der Waals surface area contributed by atoms with Crippen molar-refractivity contribution in [3.8, 4) is 0 Å². The Morgan fingerprint density at radius 3 is 2.38 bits per heavy atom. The van der Waals surface area contributed by atoms with Gasteiger partial charge in [0.1, 0.15) is 5.82 Å². The number of amides is 2. The average Bonchev–Trinajstić information content (AvgIpc) is 2.62. The maximum absolute atomic E-state index is 13.7. The molecule has 2 amide bonds. The van der Waals surface area contributed by atoms with Gasteiger partial charge in [-0.05, 0) is 30.5 Å². The zero-order chi connectivity index (χ0) is 18.9. The smallest absolute Gasteiger partial charge is 0.222 e. The molecule has 2 aromatic carbocycles. The molecule has 0 radical (unpaired) electrons. The zero-order valence-corrected chi connectivity index (χ0v) is 15.3. The third kappa shape index (κ3) is 6.31. The molecule has 138 valence electrons. The van der Waals surface area contributed by atoms with Crippen LogP contribution in [0.15, 0.2) is 48.5 Å². The van der Waals surface area contributed by atoms with Crippen LogP contribution in [-0.4, -0.2) is 29.8 Å². The van der Waals surface area contributed by atoms with E-state index < -0.39 is 0 Å². The fourth-order valence-electron chi connectivity index (χ4n) is 2.61. The number of hydrogen-bond donors (Lipinski definition) is 1. The van der Waals surface area contributed by atoms with Crippen molar-refractivity contribution in [2.45, 2.75) is 33.2 Å². The van der Waals surface area contributed by atoms with Gasteiger partial charge in [0.25, 0.3) is 0 Å². The van der Waals surface area contributed by atoms with E-state index in [-0.39, 0.29) is 24.1 Å². The summed E-state index contributed by atoms with van der Waals surface area (Å²) in [7, 11) is 0. The number of hydrogen-bond acceptors (Lipinski definition) is 2. The predicted molar refractivity (Wildman–Crippen MR) is 100 cm³/mol. The monoisotopic (exact) mass is 356 g/mol. The van der Waals surface area contributed by atoms with Gasteiger partial charge in [-0.2, -0.15) is 0 Å². The van der Waals surface area contributed by atoms with Crippen LogP contribution in [0, 0.1) is 12.7 Å². The Kier molecular flexibility index (Phi) is 7.33. The van der Waals surface area contributed by atoms with E-state index in [0.717, 1.165) is 5.56 Å². The van der Waals surface area contributed by atoms with Crippen LogP contribution in [0.5, 0.6) is 0 Å². The van der Waals surface area contributed by atoms with Crippen LogP contribution in [0.3, 0.4) is 0 Å². The zero-order valence-electron chi connectivity index (χ0n) is 15.3. The molecule has 0 aliphatic rings. The first-order chi connectivity index (χ1) is 12.5. The molecular weight excluding hydrogens is 331 g/mol. The van der Waals surface area contributed by atoms with Gasteiger partial charge < -0.3 is 10.2 Å². The normalized spacial score (nSPS) is 10.4. The van der Waals surface area contributed by atoms with Crippen LogP contribution in [0.25, 0.3) is 0 Å². The third-order valence-corrected chi connectivity index (χ3v) is 4.27. The highest BCUT2D eigenvalue weighted by atomic mass is 19.1. The number of halogens is 1. The Balaban J connectivity index is 1.78. The highest BCUT2D eigenvalue weighted by Crippen LogP contribution is 2.08. The number of rotatable bonds is 8.